The Bertz CT molecular complexity index is 694. The van der Waals surface area contributed by atoms with Crippen molar-refractivity contribution in [3.8, 4) is 11.5 Å². The minimum Gasteiger partial charge on any atom is -0.486 e. The van der Waals surface area contributed by atoms with E-state index in [4.69, 9.17) is 32.7 Å². The van der Waals surface area contributed by atoms with Gasteiger partial charge < -0.3 is 9.47 Å². The second-order valence-electron chi connectivity index (χ2n) is 4.55. The summed E-state index contributed by atoms with van der Waals surface area (Å²) in [6.07, 6.45) is 0. The molecule has 2 aromatic carbocycles. The summed E-state index contributed by atoms with van der Waals surface area (Å²) in [6, 6.07) is 7.86. The Morgan fingerprint density at radius 2 is 1.71 bits per heavy atom. The van der Waals surface area contributed by atoms with Crippen molar-refractivity contribution in [1.82, 2.24) is 0 Å². The van der Waals surface area contributed by atoms with Gasteiger partial charge in [0.05, 0.1) is 5.38 Å². The molecule has 2 aromatic rings. The van der Waals surface area contributed by atoms with E-state index in [0.717, 1.165) is 4.47 Å². The molecule has 0 saturated carbocycles. The van der Waals surface area contributed by atoms with E-state index in [1.807, 2.05) is 0 Å². The van der Waals surface area contributed by atoms with E-state index in [-0.39, 0.29) is 0 Å². The second-order valence-corrected chi connectivity index (χ2v) is 6.27. The molecule has 1 unspecified atom stereocenters. The van der Waals surface area contributed by atoms with Crippen molar-refractivity contribution in [2.75, 3.05) is 13.2 Å². The zero-order valence-corrected chi connectivity index (χ0v) is 13.8. The van der Waals surface area contributed by atoms with Crippen molar-refractivity contribution in [1.29, 1.82) is 0 Å². The van der Waals surface area contributed by atoms with Crippen LogP contribution < -0.4 is 9.47 Å². The minimum absolute atomic E-state index is 0.321. The van der Waals surface area contributed by atoms with Gasteiger partial charge in [-0.3, -0.25) is 0 Å². The van der Waals surface area contributed by atoms with Gasteiger partial charge in [-0.15, -0.1) is 11.6 Å². The lowest BCUT2D eigenvalue weighted by Crippen LogP contribution is -2.15. The third kappa shape index (κ3) is 2.98. The van der Waals surface area contributed by atoms with Crippen molar-refractivity contribution in [2.24, 2.45) is 0 Å². The van der Waals surface area contributed by atoms with Gasteiger partial charge in [0.1, 0.15) is 19.0 Å². The summed E-state index contributed by atoms with van der Waals surface area (Å²) in [7, 11) is 0. The van der Waals surface area contributed by atoms with Gasteiger partial charge in [0, 0.05) is 15.1 Å². The molecular formula is C15H10BrCl2FO2. The highest BCUT2D eigenvalue weighted by molar-refractivity contribution is 9.10. The largest absolute Gasteiger partial charge is 0.486 e. The van der Waals surface area contributed by atoms with Crippen LogP contribution in [0, 0.1) is 5.82 Å². The smallest absolute Gasteiger partial charge is 0.162 e. The SMILES string of the molecule is Fc1ccc(Cl)cc1C(Cl)c1cc2c(cc1Br)OCCO2. The Morgan fingerprint density at radius 3 is 2.43 bits per heavy atom. The van der Waals surface area contributed by atoms with E-state index in [0.29, 0.717) is 40.9 Å². The molecule has 0 N–H and O–H groups in total. The molecule has 6 heteroatoms. The normalized spacial score (nSPS) is 14.9. The highest BCUT2D eigenvalue weighted by atomic mass is 79.9. The van der Waals surface area contributed by atoms with Crippen LogP contribution >= 0.6 is 39.1 Å². The van der Waals surface area contributed by atoms with Crippen LogP contribution in [0.1, 0.15) is 16.5 Å². The molecule has 21 heavy (non-hydrogen) atoms. The first-order valence-electron chi connectivity index (χ1n) is 6.24. The monoisotopic (exact) mass is 390 g/mol. The molecule has 3 rings (SSSR count). The predicted molar refractivity (Wildman–Crippen MR) is 84.2 cm³/mol. The molecule has 0 amide bonds. The van der Waals surface area contributed by atoms with Crippen molar-refractivity contribution in [3.05, 3.63) is 56.8 Å². The van der Waals surface area contributed by atoms with E-state index >= 15 is 0 Å². The molecule has 0 bridgehead atoms. The molecule has 0 spiro atoms. The van der Waals surface area contributed by atoms with Crippen LogP contribution in [0.3, 0.4) is 0 Å². The maximum absolute atomic E-state index is 14.0. The van der Waals surface area contributed by atoms with E-state index in [2.05, 4.69) is 15.9 Å². The molecule has 1 aliphatic rings. The summed E-state index contributed by atoms with van der Waals surface area (Å²) >= 11 is 15.8. The topological polar surface area (TPSA) is 18.5 Å². The zero-order valence-electron chi connectivity index (χ0n) is 10.7. The Morgan fingerprint density at radius 1 is 1.05 bits per heavy atom. The third-order valence-electron chi connectivity index (χ3n) is 3.17. The van der Waals surface area contributed by atoms with E-state index in [1.54, 1.807) is 12.1 Å². The fraction of sp³-hybridized carbons (Fsp3) is 0.200. The Hall–Kier alpha value is -0.970. The maximum Gasteiger partial charge on any atom is 0.162 e. The maximum atomic E-state index is 14.0. The first-order chi connectivity index (χ1) is 10.1. The van der Waals surface area contributed by atoms with E-state index in [1.165, 1.54) is 18.2 Å². The summed E-state index contributed by atoms with van der Waals surface area (Å²) < 4.78 is 25.7. The molecule has 0 fully saturated rings. The van der Waals surface area contributed by atoms with E-state index < -0.39 is 11.2 Å². The number of hydrogen-bond acceptors (Lipinski definition) is 2. The first kappa shape index (κ1) is 14.9. The quantitative estimate of drug-likeness (QED) is 0.643. The number of benzene rings is 2. The average molecular weight is 392 g/mol. The van der Waals surface area contributed by atoms with Crippen LogP contribution in [0.15, 0.2) is 34.8 Å². The summed E-state index contributed by atoms with van der Waals surface area (Å²) in [5.74, 6) is 0.848. The molecular weight excluding hydrogens is 382 g/mol. The Labute approximate surface area is 139 Å². The van der Waals surface area contributed by atoms with Crippen LogP contribution in [-0.4, -0.2) is 13.2 Å². The van der Waals surface area contributed by atoms with Gasteiger partial charge in [-0.1, -0.05) is 27.5 Å². The number of hydrogen-bond donors (Lipinski definition) is 0. The highest BCUT2D eigenvalue weighted by Crippen LogP contribution is 2.42. The summed E-state index contributed by atoms with van der Waals surface area (Å²) in [5.41, 5.74) is 1.02. The van der Waals surface area contributed by atoms with Crippen LogP contribution in [-0.2, 0) is 0 Å². The van der Waals surface area contributed by atoms with Crippen LogP contribution in [0.25, 0.3) is 0 Å². The lowest BCUT2D eigenvalue weighted by molar-refractivity contribution is 0.171. The molecule has 0 aromatic heterocycles. The first-order valence-corrected chi connectivity index (χ1v) is 7.85. The minimum atomic E-state index is -0.686. The number of alkyl halides is 1. The van der Waals surface area contributed by atoms with Crippen LogP contribution in [0.5, 0.6) is 11.5 Å². The molecule has 1 heterocycles. The van der Waals surface area contributed by atoms with Crippen LogP contribution in [0.2, 0.25) is 5.02 Å². The number of ether oxygens (including phenoxy) is 2. The van der Waals surface area contributed by atoms with Gasteiger partial charge in [-0.25, -0.2) is 4.39 Å². The Kier molecular flexibility index (Phi) is 4.29. The zero-order chi connectivity index (χ0) is 15.0. The second kappa shape index (κ2) is 6.03. The lowest BCUT2D eigenvalue weighted by Gasteiger charge is -2.21. The molecule has 110 valence electrons. The van der Waals surface area contributed by atoms with Crippen molar-refractivity contribution in [2.45, 2.75) is 5.38 Å². The van der Waals surface area contributed by atoms with E-state index in [9.17, 15) is 4.39 Å². The standard InChI is InChI=1S/C15H10BrCl2FO2/c16-11-7-14-13(20-3-4-21-14)6-9(11)15(18)10-5-8(17)1-2-12(10)19/h1-2,5-7,15H,3-4H2. The Balaban J connectivity index is 2.05. The molecule has 0 saturated heterocycles. The van der Waals surface area contributed by atoms with Gasteiger partial charge in [0.25, 0.3) is 0 Å². The van der Waals surface area contributed by atoms with Crippen molar-refractivity contribution in [3.63, 3.8) is 0 Å². The summed E-state index contributed by atoms with van der Waals surface area (Å²) in [5, 5.41) is -0.250. The van der Waals surface area contributed by atoms with Gasteiger partial charge in [0.15, 0.2) is 11.5 Å². The molecule has 1 aliphatic heterocycles. The molecule has 0 radical (unpaired) electrons. The van der Waals surface area contributed by atoms with Gasteiger partial charge in [0.2, 0.25) is 0 Å². The number of rotatable bonds is 2. The molecule has 0 aliphatic carbocycles. The summed E-state index contributed by atoms with van der Waals surface area (Å²) in [4.78, 5) is 0. The predicted octanol–water partition coefficient (Wildman–Crippen LogP) is 5.34. The van der Waals surface area contributed by atoms with Crippen molar-refractivity contribution < 1.29 is 13.9 Å². The van der Waals surface area contributed by atoms with Gasteiger partial charge >= 0.3 is 0 Å². The third-order valence-corrected chi connectivity index (χ3v) is 4.56. The number of fused-ring (bicyclic) bond motifs is 1. The highest BCUT2D eigenvalue weighted by Gasteiger charge is 2.22. The molecule has 2 nitrogen and oxygen atoms in total. The summed E-state index contributed by atoms with van der Waals surface area (Å²) in [6.45, 7) is 0.985. The van der Waals surface area contributed by atoms with Crippen molar-refractivity contribution >= 4 is 39.1 Å². The molecule has 1 atom stereocenters. The van der Waals surface area contributed by atoms with Crippen LogP contribution in [0.4, 0.5) is 4.39 Å². The average Bonchev–Trinajstić information content (AvgIpc) is 2.48. The lowest BCUT2D eigenvalue weighted by atomic mass is 10.0. The van der Waals surface area contributed by atoms with Gasteiger partial charge in [-0.05, 0) is 35.9 Å². The fourth-order valence-corrected chi connectivity index (χ4v) is 3.36. The number of halogens is 4. The van der Waals surface area contributed by atoms with Gasteiger partial charge in [-0.2, -0.15) is 0 Å². The fourth-order valence-electron chi connectivity index (χ4n) is 2.15.